The molecule has 0 bridgehead atoms. The van der Waals surface area contributed by atoms with Gasteiger partial charge in [0.05, 0.1) is 16.1 Å². The second kappa shape index (κ2) is 15.6. The lowest BCUT2D eigenvalue weighted by Gasteiger charge is -2.58. The van der Waals surface area contributed by atoms with Crippen LogP contribution in [0.5, 0.6) is 0 Å². The van der Waals surface area contributed by atoms with E-state index in [0.29, 0.717) is 26.9 Å². The van der Waals surface area contributed by atoms with Crippen LogP contribution >= 0.6 is 23.2 Å². The molecule has 4 heterocycles. The molecule has 0 unspecified atom stereocenters. The Morgan fingerprint density at radius 3 is 2.33 bits per heavy atom. The Morgan fingerprint density at radius 1 is 1.08 bits per heavy atom. The molecule has 1 aromatic carbocycles. The van der Waals surface area contributed by atoms with Crippen LogP contribution in [0.4, 0.5) is 11.5 Å². The number of allylic oxidation sites excluding steroid dienone is 1. The number of benzene rings is 1. The Labute approximate surface area is 296 Å². The van der Waals surface area contributed by atoms with Crippen LogP contribution < -0.4 is 10.6 Å². The lowest BCUT2D eigenvalue weighted by atomic mass is 9.61. The Balaban J connectivity index is 0.000000312. The molecule has 1 spiro atoms. The normalized spacial score (nSPS) is 20.3. The second-order valence-electron chi connectivity index (χ2n) is 14.5. The minimum Gasteiger partial charge on any atom is -0.398 e. The SMILES string of the molecule is C=CC.CC(=O)N1CCCN(C)CC1.Cc1c(-c2c(Cl)c(Cl)cc(N)c2C=N)c(N2CCCCC2(C)C)nn1C1CC2(C1)CN(C=O)C2. The summed E-state index contributed by atoms with van der Waals surface area (Å²) in [7, 11) is 2.10. The van der Waals surface area contributed by atoms with Gasteiger partial charge in [-0.1, -0.05) is 29.3 Å². The molecule has 1 aromatic heterocycles. The van der Waals surface area contributed by atoms with Crippen LogP contribution in [0.15, 0.2) is 18.7 Å². The highest BCUT2D eigenvalue weighted by Gasteiger charge is 2.53. The van der Waals surface area contributed by atoms with Crippen molar-refractivity contribution in [1.29, 1.82) is 5.41 Å². The molecule has 0 atom stereocenters. The number of piperidine rings is 1. The van der Waals surface area contributed by atoms with Crippen molar-refractivity contribution in [2.45, 2.75) is 84.7 Å². The third-order valence-corrected chi connectivity index (χ3v) is 11.1. The molecule has 1 aliphatic carbocycles. The van der Waals surface area contributed by atoms with Crippen molar-refractivity contribution in [3.8, 4) is 11.1 Å². The molecule has 2 amide bonds. The topological polar surface area (TPSA) is 115 Å². The van der Waals surface area contributed by atoms with Crippen molar-refractivity contribution < 1.29 is 9.59 Å². The van der Waals surface area contributed by atoms with E-state index in [9.17, 15) is 9.59 Å². The summed E-state index contributed by atoms with van der Waals surface area (Å²) in [5.74, 6) is 1.10. The number of halogens is 2. The van der Waals surface area contributed by atoms with E-state index in [1.807, 2.05) is 16.7 Å². The van der Waals surface area contributed by atoms with Crippen LogP contribution in [-0.2, 0) is 9.59 Å². The van der Waals surface area contributed by atoms with Gasteiger partial charge in [0.2, 0.25) is 12.3 Å². The van der Waals surface area contributed by atoms with Crippen LogP contribution in [0.1, 0.15) is 83.5 Å². The van der Waals surface area contributed by atoms with Crippen molar-refractivity contribution in [2.24, 2.45) is 5.41 Å². The molecule has 10 nitrogen and oxygen atoms in total. The summed E-state index contributed by atoms with van der Waals surface area (Å²) in [6.07, 6.45) is 10.4. The number of anilines is 2. The van der Waals surface area contributed by atoms with Crippen LogP contribution in [-0.4, -0.2) is 101 Å². The van der Waals surface area contributed by atoms with Crippen LogP contribution in [0, 0.1) is 17.7 Å². The van der Waals surface area contributed by atoms with E-state index >= 15 is 0 Å². The van der Waals surface area contributed by atoms with E-state index < -0.39 is 0 Å². The summed E-state index contributed by atoms with van der Waals surface area (Å²) in [4.78, 5) is 30.4. The van der Waals surface area contributed by atoms with Gasteiger partial charge in [0.15, 0.2) is 5.82 Å². The van der Waals surface area contributed by atoms with Crippen LogP contribution in [0.3, 0.4) is 0 Å². The van der Waals surface area contributed by atoms with E-state index in [4.69, 9.17) is 39.4 Å². The molecule has 4 fully saturated rings. The van der Waals surface area contributed by atoms with Gasteiger partial charge < -0.3 is 30.7 Å². The Bertz CT molecular complexity index is 1490. The number of hydrogen-bond acceptors (Lipinski definition) is 7. The van der Waals surface area contributed by atoms with Gasteiger partial charge in [0.1, 0.15) is 0 Å². The van der Waals surface area contributed by atoms with Crippen molar-refractivity contribution >= 4 is 53.2 Å². The molecule has 6 rings (SSSR count). The molecule has 264 valence electrons. The monoisotopic (exact) mass is 700 g/mol. The maximum atomic E-state index is 11.1. The number of nitrogens with one attached hydrogen (secondary N) is 1. The molecule has 48 heavy (non-hydrogen) atoms. The van der Waals surface area contributed by atoms with Gasteiger partial charge in [-0.25, -0.2) is 0 Å². The minimum atomic E-state index is -0.0562. The number of likely N-dealkylation sites (tertiary alicyclic amines) is 1. The van der Waals surface area contributed by atoms with E-state index in [1.165, 1.54) is 12.6 Å². The van der Waals surface area contributed by atoms with Crippen molar-refractivity contribution in [1.82, 2.24) is 24.5 Å². The number of amides is 2. The number of likely N-dealkylation sites (N-methyl/N-ethyl adjacent to an activating group) is 1. The Morgan fingerprint density at radius 2 is 1.75 bits per heavy atom. The minimum absolute atomic E-state index is 0.0562. The van der Waals surface area contributed by atoms with Crippen LogP contribution in [0.25, 0.3) is 11.1 Å². The van der Waals surface area contributed by atoms with E-state index in [-0.39, 0.29) is 22.9 Å². The number of hydrogen-bond donors (Lipinski definition) is 2. The van der Waals surface area contributed by atoms with Gasteiger partial charge in [-0.05, 0) is 85.9 Å². The van der Waals surface area contributed by atoms with Gasteiger partial charge in [0.25, 0.3) is 0 Å². The summed E-state index contributed by atoms with van der Waals surface area (Å²) in [6.45, 7) is 20.0. The van der Waals surface area contributed by atoms with E-state index in [2.05, 4.69) is 48.9 Å². The Hall–Kier alpha value is -3.08. The molecule has 1 saturated carbocycles. The summed E-state index contributed by atoms with van der Waals surface area (Å²) in [6, 6.07) is 1.89. The summed E-state index contributed by atoms with van der Waals surface area (Å²) < 4.78 is 2.14. The van der Waals surface area contributed by atoms with Gasteiger partial charge >= 0.3 is 0 Å². The highest BCUT2D eigenvalue weighted by Crippen LogP contribution is 2.55. The third-order valence-electron chi connectivity index (χ3n) is 10.3. The smallest absolute Gasteiger partial charge is 0.219 e. The highest BCUT2D eigenvalue weighted by atomic mass is 35.5. The highest BCUT2D eigenvalue weighted by molar-refractivity contribution is 6.44. The molecule has 3 N–H and O–H groups in total. The molecule has 0 radical (unpaired) electrons. The number of rotatable bonds is 5. The summed E-state index contributed by atoms with van der Waals surface area (Å²) in [5, 5.41) is 14.1. The number of carbonyl (C=O) groups excluding carboxylic acids is 2. The standard InChI is InChI=1S/C25H32Cl2N6O.C8H16N2O.C3H6/c1-15-20(21-17(11-28)19(29)8-18(26)22(21)27)23(32-7-5-4-6-24(32,2)3)30-33(15)16-9-25(10-16)12-31(13-25)14-34;1-8(11)10-5-3-4-9(2)6-7-10;1-3-2/h8,11,14,16,28H,4-7,9-10,12-13,29H2,1-3H3;3-7H2,1-2H3;3H,1H2,2H3. The molecule has 2 aromatic rings. The number of nitrogen functional groups attached to an aromatic ring is 1. The second-order valence-corrected chi connectivity index (χ2v) is 15.3. The fourth-order valence-corrected chi connectivity index (χ4v) is 8.14. The summed E-state index contributed by atoms with van der Waals surface area (Å²) in [5.41, 5.74) is 10.1. The zero-order valence-electron chi connectivity index (χ0n) is 29.6. The van der Waals surface area contributed by atoms with Crippen molar-refractivity contribution in [3.05, 3.63) is 40.0 Å². The lowest BCUT2D eigenvalue weighted by Crippen LogP contribution is -2.61. The first-order valence-electron chi connectivity index (χ1n) is 17.1. The Kier molecular flexibility index (Phi) is 12.3. The first-order valence-corrected chi connectivity index (χ1v) is 17.8. The third kappa shape index (κ3) is 7.87. The number of nitrogens with zero attached hydrogens (tertiary/aromatic N) is 6. The molecule has 3 saturated heterocycles. The maximum absolute atomic E-state index is 11.1. The largest absolute Gasteiger partial charge is 0.398 e. The fraction of sp³-hybridized carbons (Fsp3) is 0.611. The molecular weight excluding hydrogens is 647 g/mol. The van der Waals surface area contributed by atoms with Crippen molar-refractivity contribution in [3.63, 3.8) is 0 Å². The average Bonchev–Trinajstić information content (AvgIpc) is 3.14. The van der Waals surface area contributed by atoms with Crippen LogP contribution in [0.2, 0.25) is 10.0 Å². The first-order chi connectivity index (χ1) is 22.7. The molecule has 4 aliphatic rings. The van der Waals surface area contributed by atoms with Crippen molar-refractivity contribution in [2.75, 3.05) is 63.5 Å². The molecule has 3 aliphatic heterocycles. The fourth-order valence-electron chi connectivity index (χ4n) is 7.68. The predicted octanol–water partition coefficient (Wildman–Crippen LogP) is 6.67. The average molecular weight is 702 g/mol. The number of nitrogens with two attached hydrogens (primary N) is 1. The lowest BCUT2D eigenvalue weighted by molar-refractivity contribution is -0.140. The van der Waals surface area contributed by atoms with E-state index in [0.717, 1.165) is 101 Å². The zero-order valence-corrected chi connectivity index (χ0v) is 31.1. The predicted molar refractivity (Wildman–Crippen MR) is 199 cm³/mol. The quantitative estimate of drug-likeness (QED) is 0.156. The summed E-state index contributed by atoms with van der Waals surface area (Å²) >= 11 is 13.3. The van der Waals surface area contributed by atoms with Gasteiger partial charge in [-0.2, -0.15) is 5.10 Å². The zero-order chi connectivity index (χ0) is 35.4. The van der Waals surface area contributed by atoms with Gasteiger partial charge in [0, 0.05) is 91.4 Å². The molecular formula is C36H54Cl2N8O2. The van der Waals surface area contributed by atoms with Gasteiger partial charge in [-0.3, -0.25) is 14.3 Å². The molecule has 12 heteroatoms. The van der Waals surface area contributed by atoms with E-state index in [1.54, 1.807) is 19.1 Å². The number of aromatic nitrogens is 2. The van der Waals surface area contributed by atoms with Gasteiger partial charge in [-0.15, -0.1) is 6.58 Å². The maximum Gasteiger partial charge on any atom is 0.219 e. The number of carbonyl (C=O) groups is 2. The first kappa shape index (κ1) is 37.7.